The average molecular weight is 235 g/mol. The Bertz CT molecular complexity index is 123. The van der Waals surface area contributed by atoms with E-state index in [4.69, 9.17) is 0 Å². The normalized spacial score (nSPS) is 12.9. The zero-order chi connectivity index (χ0) is 9.40. The molecule has 1 unspecified atom stereocenters. The molecule has 0 amide bonds. The Labute approximate surface area is 84.1 Å². The van der Waals surface area contributed by atoms with Gasteiger partial charge in [-0.15, -0.1) is 0 Å². The smallest absolute Gasteiger partial charge is 0.143 e. The van der Waals surface area contributed by atoms with Gasteiger partial charge in [-0.05, 0) is 5.92 Å². The highest BCUT2D eigenvalue weighted by atomic mass is 79.9. The predicted octanol–water partition coefficient (Wildman–Crippen LogP) is 3.56. The molecule has 1 atom stereocenters. The van der Waals surface area contributed by atoms with Crippen molar-refractivity contribution in [1.82, 2.24) is 0 Å². The van der Waals surface area contributed by atoms with E-state index in [1.54, 1.807) is 0 Å². The Hall–Kier alpha value is 0.150. The zero-order valence-corrected chi connectivity index (χ0v) is 9.69. The number of rotatable bonds is 7. The van der Waals surface area contributed by atoms with Crippen molar-refractivity contribution in [1.29, 1.82) is 0 Å². The molecule has 72 valence electrons. The topological polar surface area (TPSA) is 17.1 Å². The van der Waals surface area contributed by atoms with Gasteiger partial charge in [0, 0.05) is 6.42 Å². The van der Waals surface area contributed by atoms with Crippen LogP contribution in [0.4, 0.5) is 0 Å². The summed E-state index contributed by atoms with van der Waals surface area (Å²) in [4.78, 5) is 11.1. The predicted molar refractivity (Wildman–Crippen MR) is 56.7 cm³/mol. The number of hydrogen-bond donors (Lipinski definition) is 0. The maximum absolute atomic E-state index is 11.1. The lowest BCUT2D eigenvalue weighted by atomic mass is 9.94. The van der Waals surface area contributed by atoms with Gasteiger partial charge in [0.1, 0.15) is 5.78 Å². The standard InChI is InChI=1S/C10H19BrO/c1-3-5-6-9(4-2)7-10(12)8-11/h9H,3-8H2,1-2H3. The molecule has 0 aliphatic rings. The number of unbranched alkanes of at least 4 members (excludes halogenated alkanes) is 1. The minimum Gasteiger partial charge on any atom is -0.299 e. The van der Waals surface area contributed by atoms with Crippen LogP contribution in [0.15, 0.2) is 0 Å². The Kier molecular flexibility index (Phi) is 7.88. The lowest BCUT2D eigenvalue weighted by Gasteiger charge is -2.11. The van der Waals surface area contributed by atoms with E-state index < -0.39 is 0 Å². The van der Waals surface area contributed by atoms with Crippen molar-refractivity contribution < 1.29 is 4.79 Å². The molecule has 0 aromatic rings. The molecule has 0 aliphatic carbocycles. The van der Waals surface area contributed by atoms with Gasteiger partial charge in [-0.2, -0.15) is 0 Å². The van der Waals surface area contributed by atoms with Crippen LogP contribution in [0.3, 0.4) is 0 Å². The van der Waals surface area contributed by atoms with Gasteiger partial charge in [0.05, 0.1) is 5.33 Å². The van der Waals surface area contributed by atoms with Crippen LogP contribution < -0.4 is 0 Å². The van der Waals surface area contributed by atoms with Crippen LogP contribution in [-0.2, 0) is 4.79 Å². The molecular formula is C10H19BrO. The molecule has 12 heavy (non-hydrogen) atoms. The lowest BCUT2D eigenvalue weighted by molar-refractivity contribution is -0.117. The first-order chi connectivity index (χ1) is 5.74. The molecule has 0 saturated carbocycles. The molecule has 0 radical (unpaired) electrons. The van der Waals surface area contributed by atoms with E-state index in [-0.39, 0.29) is 0 Å². The molecule has 0 aromatic carbocycles. The van der Waals surface area contributed by atoms with E-state index in [0.717, 1.165) is 12.8 Å². The van der Waals surface area contributed by atoms with Gasteiger partial charge in [0.15, 0.2) is 0 Å². The van der Waals surface area contributed by atoms with Crippen LogP contribution in [-0.4, -0.2) is 11.1 Å². The first-order valence-electron chi connectivity index (χ1n) is 4.82. The van der Waals surface area contributed by atoms with Crippen molar-refractivity contribution in [2.75, 3.05) is 5.33 Å². The van der Waals surface area contributed by atoms with Gasteiger partial charge >= 0.3 is 0 Å². The number of carbonyl (C=O) groups is 1. The molecule has 0 saturated heterocycles. The Morgan fingerprint density at radius 1 is 1.42 bits per heavy atom. The van der Waals surface area contributed by atoms with Gasteiger partial charge < -0.3 is 0 Å². The number of carbonyl (C=O) groups excluding carboxylic acids is 1. The summed E-state index contributed by atoms with van der Waals surface area (Å²) >= 11 is 3.19. The van der Waals surface area contributed by atoms with Crippen molar-refractivity contribution in [3.63, 3.8) is 0 Å². The second-order valence-electron chi connectivity index (χ2n) is 3.29. The van der Waals surface area contributed by atoms with Crippen molar-refractivity contribution in [3.05, 3.63) is 0 Å². The fraction of sp³-hybridized carbons (Fsp3) is 0.900. The molecule has 0 heterocycles. The minimum absolute atomic E-state index is 0.345. The fourth-order valence-corrected chi connectivity index (χ4v) is 1.55. The van der Waals surface area contributed by atoms with Crippen LogP contribution in [0, 0.1) is 5.92 Å². The van der Waals surface area contributed by atoms with E-state index in [2.05, 4.69) is 29.8 Å². The van der Waals surface area contributed by atoms with E-state index in [1.165, 1.54) is 19.3 Å². The number of ketones is 1. The van der Waals surface area contributed by atoms with Crippen LogP contribution in [0.5, 0.6) is 0 Å². The van der Waals surface area contributed by atoms with Crippen LogP contribution in [0.25, 0.3) is 0 Å². The Morgan fingerprint density at radius 3 is 2.50 bits per heavy atom. The molecule has 0 rings (SSSR count). The summed E-state index contributed by atoms with van der Waals surface area (Å²) in [6.07, 6.45) is 5.61. The number of halogens is 1. The van der Waals surface area contributed by atoms with E-state index >= 15 is 0 Å². The first kappa shape index (κ1) is 12.2. The summed E-state index contributed by atoms with van der Waals surface area (Å²) in [5.74, 6) is 0.966. The molecule has 1 nitrogen and oxygen atoms in total. The summed E-state index contributed by atoms with van der Waals surface area (Å²) in [6, 6.07) is 0. The van der Waals surface area contributed by atoms with E-state index in [0.29, 0.717) is 17.0 Å². The lowest BCUT2D eigenvalue weighted by Crippen LogP contribution is -2.08. The Balaban J connectivity index is 3.59. The van der Waals surface area contributed by atoms with E-state index in [1.807, 2.05) is 0 Å². The van der Waals surface area contributed by atoms with Crippen molar-refractivity contribution in [3.8, 4) is 0 Å². The van der Waals surface area contributed by atoms with Crippen LogP contribution >= 0.6 is 15.9 Å². The molecule has 0 bridgehead atoms. The third-order valence-corrected chi connectivity index (χ3v) is 2.83. The molecule has 0 fully saturated rings. The highest BCUT2D eigenvalue weighted by Gasteiger charge is 2.09. The van der Waals surface area contributed by atoms with Crippen molar-refractivity contribution in [2.24, 2.45) is 5.92 Å². The summed E-state index contributed by atoms with van der Waals surface area (Å²) < 4.78 is 0. The maximum atomic E-state index is 11.1. The molecule has 0 N–H and O–H groups in total. The summed E-state index contributed by atoms with van der Waals surface area (Å²) in [6.45, 7) is 4.36. The van der Waals surface area contributed by atoms with Crippen molar-refractivity contribution in [2.45, 2.75) is 46.0 Å². The van der Waals surface area contributed by atoms with Crippen LogP contribution in [0.2, 0.25) is 0 Å². The monoisotopic (exact) mass is 234 g/mol. The van der Waals surface area contributed by atoms with Gasteiger partial charge in [-0.1, -0.05) is 55.5 Å². The van der Waals surface area contributed by atoms with Crippen LogP contribution in [0.1, 0.15) is 46.0 Å². The van der Waals surface area contributed by atoms with Gasteiger partial charge in [-0.3, -0.25) is 4.79 Å². The molecule has 0 spiro atoms. The fourth-order valence-electron chi connectivity index (χ4n) is 1.32. The quantitative estimate of drug-likeness (QED) is 0.616. The third kappa shape index (κ3) is 5.76. The zero-order valence-electron chi connectivity index (χ0n) is 8.11. The maximum Gasteiger partial charge on any atom is 0.143 e. The van der Waals surface area contributed by atoms with Gasteiger partial charge in [0.2, 0.25) is 0 Å². The van der Waals surface area contributed by atoms with Crippen molar-refractivity contribution >= 4 is 21.7 Å². The summed E-state index contributed by atoms with van der Waals surface area (Å²) in [5.41, 5.74) is 0. The highest BCUT2D eigenvalue weighted by Crippen LogP contribution is 2.17. The number of hydrogen-bond acceptors (Lipinski definition) is 1. The number of Topliss-reactive ketones (excluding diaryl/α,β-unsaturated/α-hetero) is 1. The summed E-state index contributed by atoms with van der Waals surface area (Å²) in [5, 5.41) is 0.523. The second kappa shape index (κ2) is 7.78. The largest absolute Gasteiger partial charge is 0.299 e. The second-order valence-corrected chi connectivity index (χ2v) is 3.85. The SMILES string of the molecule is CCCCC(CC)CC(=O)CBr. The Morgan fingerprint density at radius 2 is 2.08 bits per heavy atom. The average Bonchev–Trinajstić information content (AvgIpc) is 2.11. The number of alkyl halides is 1. The molecule has 0 aromatic heterocycles. The minimum atomic E-state index is 0.345. The summed E-state index contributed by atoms with van der Waals surface area (Å²) in [7, 11) is 0. The molecule has 2 heteroatoms. The third-order valence-electron chi connectivity index (χ3n) is 2.21. The first-order valence-corrected chi connectivity index (χ1v) is 5.94. The van der Waals surface area contributed by atoms with Gasteiger partial charge in [-0.25, -0.2) is 0 Å². The molecular weight excluding hydrogens is 216 g/mol. The van der Waals surface area contributed by atoms with E-state index in [9.17, 15) is 4.79 Å². The molecule has 0 aliphatic heterocycles. The van der Waals surface area contributed by atoms with Gasteiger partial charge in [0.25, 0.3) is 0 Å². The highest BCUT2D eigenvalue weighted by molar-refractivity contribution is 9.09.